The predicted octanol–water partition coefficient (Wildman–Crippen LogP) is 1.09. The number of rotatable bonds is 1. The summed E-state index contributed by atoms with van der Waals surface area (Å²) in [5.41, 5.74) is 6.70. The summed E-state index contributed by atoms with van der Waals surface area (Å²) in [5, 5.41) is 8.96. The molecule has 0 radical (unpaired) electrons. The number of nitriles is 1. The second-order valence-electron chi connectivity index (χ2n) is 4.56. The Morgan fingerprint density at radius 3 is 2.69 bits per heavy atom. The molecule has 82 valence electrons. The normalized spacial score (nSPS) is 31.1. The van der Waals surface area contributed by atoms with E-state index in [9.17, 15) is 4.39 Å². The molecule has 3 rings (SSSR count). The van der Waals surface area contributed by atoms with Crippen LogP contribution in [0.2, 0.25) is 0 Å². The van der Waals surface area contributed by atoms with Crippen LogP contribution in [0.3, 0.4) is 0 Å². The van der Waals surface area contributed by atoms with Gasteiger partial charge in [-0.15, -0.1) is 0 Å². The highest BCUT2D eigenvalue weighted by Gasteiger charge is 2.54. The first-order valence-corrected chi connectivity index (χ1v) is 5.41. The Labute approximate surface area is 93.3 Å². The van der Waals surface area contributed by atoms with E-state index in [1.165, 1.54) is 6.07 Å². The minimum absolute atomic E-state index is 0.286. The number of hydrogen-bond donors (Lipinski definition) is 1. The van der Waals surface area contributed by atoms with Crippen molar-refractivity contribution in [1.29, 1.82) is 5.26 Å². The van der Waals surface area contributed by atoms with Crippen molar-refractivity contribution in [3.63, 3.8) is 0 Å². The first-order chi connectivity index (χ1) is 7.72. The van der Waals surface area contributed by atoms with Crippen molar-refractivity contribution in [2.24, 2.45) is 17.6 Å². The van der Waals surface area contributed by atoms with Crippen molar-refractivity contribution in [3.8, 4) is 6.07 Å². The largest absolute Gasteiger partial charge is 0.367 e. The molecule has 1 aliphatic heterocycles. The molecular weight excluding hydrogens is 205 g/mol. The number of halogens is 1. The highest BCUT2D eigenvalue weighted by molar-refractivity contribution is 5.61. The molecule has 3 nitrogen and oxygen atoms in total. The third-order valence-corrected chi connectivity index (χ3v) is 3.68. The standard InChI is InChI=1S/C12H12FN3/c13-10-3-1-2-7(4-14)12(10)16-5-8-9(6-16)11(8)15/h1-3,8-9,11H,5-6,15H2. The molecule has 1 aromatic rings. The van der Waals surface area contributed by atoms with Crippen molar-refractivity contribution in [3.05, 3.63) is 29.6 Å². The van der Waals surface area contributed by atoms with Crippen molar-refractivity contribution in [2.75, 3.05) is 18.0 Å². The second-order valence-corrected chi connectivity index (χ2v) is 4.56. The van der Waals surface area contributed by atoms with Crippen molar-refractivity contribution < 1.29 is 4.39 Å². The lowest BCUT2D eigenvalue weighted by Crippen LogP contribution is -2.29. The first-order valence-electron chi connectivity index (χ1n) is 5.41. The highest BCUT2D eigenvalue weighted by atomic mass is 19.1. The summed E-state index contributed by atoms with van der Waals surface area (Å²) in [7, 11) is 0. The Morgan fingerprint density at radius 1 is 1.38 bits per heavy atom. The van der Waals surface area contributed by atoms with Crippen LogP contribution in [-0.4, -0.2) is 19.1 Å². The molecule has 2 N–H and O–H groups in total. The fraction of sp³-hybridized carbons (Fsp3) is 0.417. The summed E-state index contributed by atoms with van der Waals surface area (Å²) in [6.07, 6.45) is 0. The average molecular weight is 217 g/mol. The van der Waals surface area contributed by atoms with Crippen LogP contribution in [0.1, 0.15) is 5.56 Å². The lowest BCUT2D eigenvalue weighted by atomic mass is 10.1. The van der Waals surface area contributed by atoms with Crippen LogP contribution in [0, 0.1) is 29.0 Å². The molecule has 1 aliphatic carbocycles. The minimum atomic E-state index is -0.311. The molecule has 2 unspecified atom stereocenters. The lowest BCUT2D eigenvalue weighted by Gasteiger charge is -2.22. The second kappa shape index (κ2) is 3.19. The van der Waals surface area contributed by atoms with Crippen LogP contribution in [0.4, 0.5) is 10.1 Å². The highest BCUT2D eigenvalue weighted by Crippen LogP contribution is 2.46. The summed E-state index contributed by atoms with van der Waals surface area (Å²) in [4.78, 5) is 1.95. The molecule has 0 amide bonds. The van der Waals surface area contributed by atoms with Gasteiger partial charge in [0.1, 0.15) is 11.9 Å². The van der Waals surface area contributed by atoms with Gasteiger partial charge in [-0.1, -0.05) is 6.07 Å². The van der Waals surface area contributed by atoms with Gasteiger partial charge in [-0.05, 0) is 24.0 Å². The molecular formula is C12H12FN3. The number of fused-ring (bicyclic) bond motifs is 1. The van der Waals surface area contributed by atoms with Gasteiger partial charge in [-0.2, -0.15) is 5.26 Å². The van der Waals surface area contributed by atoms with Crippen LogP contribution in [0.5, 0.6) is 0 Å². The van der Waals surface area contributed by atoms with Crippen LogP contribution in [0.25, 0.3) is 0 Å². The van der Waals surface area contributed by atoms with Gasteiger partial charge in [0.25, 0.3) is 0 Å². The number of para-hydroxylation sites is 1. The Balaban J connectivity index is 1.93. The van der Waals surface area contributed by atoms with Crippen molar-refractivity contribution in [1.82, 2.24) is 0 Å². The van der Waals surface area contributed by atoms with Crippen LogP contribution < -0.4 is 10.6 Å². The summed E-state index contributed by atoms with van der Waals surface area (Å²) < 4.78 is 13.7. The van der Waals surface area contributed by atoms with Gasteiger partial charge in [-0.3, -0.25) is 0 Å². The minimum Gasteiger partial charge on any atom is -0.367 e. The first kappa shape index (κ1) is 9.61. The molecule has 2 atom stereocenters. The fourth-order valence-corrected chi connectivity index (χ4v) is 2.68. The van der Waals surface area contributed by atoms with Crippen LogP contribution >= 0.6 is 0 Å². The van der Waals surface area contributed by atoms with Crippen molar-refractivity contribution >= 4 is 5.69 Å². The molecule has 0 bridgehead atoms. The van der Waals surface area contributed by atoms with Crippen LogP contribution in [-0.2, 0) is 0 Å². The van der Waals surface area contributed by atoms with E-state index in [0.29, 0.717) is 23.1 Å². The molecule has 1 saturated heterocycles. The van der Waals surface area contributed by atoms with E-state index < -0.39 is 0 Å². The van der Waals surface area contributed by atoms with Gasteiger partial charge in [0, 0.05) is 19.1 Å². The molecule has 1 aromatic carbocycles. The summed E-state index contributed by atoms with van der Waals surface area (Å²) >= 11 is 0. The van der Waals surface area contributed by atoms with Gasteiger partial charge in [0.15, 0.2) is 0 Å². The van der Waals surface area contributed by atoms with E-state index in [1.54, 1.807) is 12.1 Å². The number of nitrogens with two attached hydrogens (primary N) is 1. The molecule has 2 aliphatic rings. The van der Waals surface area contributed by atoms with Gasteiger partial charge < -0.3 is 10.6 Å². The Hall–Kier alpha value is -1.60. The van der Waals surface area contributed by atoms with E-state index in [1.807, 2.05) is 11.0 Å². The molecule has 2 fully saturated rings. The number of hydrogen-bond acceptors (Lipinski definition) is 3. The van der Waals surface area contributed by atoms with E-state index in [-0.39, 0.29) is 11.9 Å². The summed E-state index contributed by atoms with van der Waals surface area (Å²) in [5.74, 6) is 0.672. The maximum atomic E-state index is 13.7. The van der Waals surface area contributed by atoms with Gasteiger partial charge in [0.2, 0.25) is 0 Å². The monoisotopic (exact) mass is 217 g/mol. The molecule has 16 heavy (non-hydrogen) atoms. The van der Waals surface area contributed by atoms with Gasteiger partial charge in [-0.25, -0.2) is 4.39 Å². The zero-order valence-corrected chi connectivity index (χ0v) is 8.73. The summed E-state index contributed by atoms with van der Waals surface area (Å²) in [6.45, 7) is 1.56. The quantitative estimate of drug-likeness (QED) is 0.766. The number of anilines is 1. The smallest absolute Gasteiger partial charge is 0.147 e. The molecule has 1 heterocycles. The lowest BCUT2D eigenvalue weighted by molar-refractivity contribution is 0.615. The Bertz CT molecular complexity index is 468. The van der Waals surface area contributed by atoms with Crippen LogP contribution in [0.15, 0.2) is 18.2 Å². The zero-order chi connectivity index (χ0) is 11.3. The Morgan fingerprint density at radius 2 is 2.06 bits per heavy atom. The third-order valence-electron chi connectivity index (χ3n) is 3.68. The zero-order valence-electron chi connectivity index (χ0n) is 8.73. The molecule has 0 spiro atoms. The predicted molar refractivity (Wildman–Crippen MR) is 58.3 cm³/mol. The summed E-state index contributed by atoms with van der Waals surface area (Å²) in [6, 6.07) is 6.95. The molecule has 0 aromatic heterocycles. The van der Waals surface area contributed by atoms with Gasteiger partial charge >= 0.3 is 0 Å². The molecule has 1 saturated carbocycles. The third kappa shape index (κ3) is 1.22. The SMILES string of the molecule is N#Cc1cccc(F)c1N1CC2C(N)C2C1. The average Bonchev–Trinajstić information content (AvgIpc) is 2.75. The van der Waals surface area contributed by atoms with Gasteiger partial charge in [0.05, 0.1) is 11.3 Å². The maximum Gasteiger partial charge on any atom is 0.147 e. The number of piperidine rings is 1. The fourth-order valence-electron chi connectivity index (χ4n) is 2.68. The van der Waals surface area contributed by atoms with E-state index >= 15 is 0 Å². The van der Waals surface area contributed by atoms with E-state index in [0.717, 1.165) is 13.1 Å². The molecule has 4 heteroatoms. The topological polar surface area (TPSA) is 53.0 Å². The maximum absolute atomic E-state index is 13.7. The van der Waals surface area contributed by atoms with Crippen molar-refractivity contribution in [2.45, 2.75) is 6.04 Å². The van der Waals surface area contributed by atoms with E-state index in [2.05, 4.69) is 0 Å². The Kier molecular flexibility index (Phi) is 1.92. The number of benzene rings is 1. The number of nitrogens with zero attached hydrogens (tertiary/aromatic N) is 2. The van der Waals surface area contributed by atoms with E-state index in [4.69, 9.17) is 11.0 Å².